The molecule has 3 rings (SSSR count). The van der Waals surface area contributed by atoms with Gasteiger partial charge in [-0.15, -0.1) is 0 Å². The van der Waals surface area contributed by atoms with Crippen LogP contribution in [0.3, 0.4) is 0 Å². The molecule has 0 radical (unpaired) electrons. The maximum Gasteiger partial charge on any atom is 0.225 e. The lowest BCUT2D eigenvalue weighted by Gasteiger charge is -2.35. The summed E-state index contributed by atoms with van der Waals surface area (Å²) in [6.45, 7) is 6.06. The third kappa shape index (κ3) is 5.33. The molecule has 6 nitrogen and oxygen atoms in total. The molecule has 1 aliphatic heterocycles. The summed E-state index contributed by atoms with van der Waals surface area (Å²) in [6.07, 6.45) is 8.98. The lowest BCUT2D eigenvalue weighted by Crippen LogP contribution is -2.43. The number of carbonyl (C=O) groups is 2. The van der Waals surface area contributed by atoms with Crippen LogP contribution in [0.25, 0.3) is 0 Å². The first kappa shape index (κ1) is 19.9. The molecule has 0 bridgehead atoms. The highest BCUT2D eigenvalue weighted by Crippen LogP contribution is 2.28. The van der Waals surface area contributed by atoms with Crippen LogP contribution in [0.2, 0.25) is 0 Å². The van der Waals surface area contributed by atoms with Crippen LogP contribution in [0.4, 0.5) is 0 Å². The molecular formula is C21H33N3O3. The SMILES string of the molecule is Cc1noc(C)c1CCNC(=O)CC1CCN(C(=O)C2CCCCC2)CC1. The van der Waals surface area contributed by atoms with Crippen molar-refractivity contribution in [3.8, 4) is 0 Å². The average molecular weight is 376 g/mol. The van der Waals surface area contributed by atoms with Crippen molar-refractivity contribution in [1.29, 1.82) is 0 Å². The number of piperidine rings is 1. The van der Waals surface area contributed by atoms with Crippen molar-refractivity contribution in [1.82, 2.24) is 15.4 Å². The fourth-order valence-corrected chi connectivity index (χ4v) is 4.49. The predicted molar refractivity (Wildman–Crippen MR) is 103 cm³/mol. The number of nitrogens with zero attached hydrogens (tertiary/aromatic N) is 2. The number of carbonyl (C=O) groups excluding carboxylic acids is 2. The van der Waals surface area contributed by atoms with Crippen LogP contribution in [0.15, 0.2) is 4.52 Å². The van der Waals surface area contributed by atoms with Gasteiger partial charge in [-0.2, -0.15) is 0 Å². The molecule has 150 valence electrons. The van der Waals surface area contributed by atoms with E-state index in [-0.39, 0.29) is 11.8 Å². The van der Waals surface area contributed by atoms with Crippen molar-refractivity contribution in [3.05, 3.63) is 17.0 Å². The molecule has 2 aliphatic rings. The summed E-state index contributed by atoms with van der Waals surface area (Å²) < 4.78 is 5.15. The summed E-state index contributed by atoms with van der Waals surface area (Å²) in [7, 11) is 0. The van der Waals surface area contributed by atoms with Crippen LogP contribution >= 0.6 is 0 Å². The number of rotatable bonds is 6. The van der Waals surface area contributed by atoms with E-state index in [0.29, 0.717) is 24.8 Å². The first-order valence-electron chi connectivity index (χ1n) is 10.5. The predicted octanol–water partition coefficient (Wildman–Crippen LogP) is 3.16. The van der Waals surface area contributed by atoms with Gasteiger partial charge in [0.05, 0.1) is 5.69 Å². The number of aryl methyl sites for hydroxylation is 2. The van der Waals surface area contributed by atoms with Crippen LogP contribution in [-0.2, 0) is 16.0 Å². The maximum absolute atomic E-state index is 12.6. The summed E-state index contributed by atoms with van der Waals surface area (Å²) in [4.78, 5) is 26.9. The number of hydrogen-bond donors (Lipinski definition) is 1. The third-order valence-electron chi connectivity index (χ3n) is 6.23. The second kappa shape index (κ2) is 9.38. The molecule has 1 saturated carbocycles. The van der Waals surface area contributed by atoms with Crippen LogP contribution in [0, 0.1) is 25.7 Å². The Morgan fingerprint density at radius 2 is 1.81 bits per heavy atom. The summed E-state index contributed by atoms with van der Waals surface area (Å²) in [5.74, 6) is 1.94. The van der Waals surface area contributed by atoms with Gasteiger partial charge in [-0.05, 0) is 51.9 Å². The van der Waals surface area contributed by atoms with Crippen LogP contribution in [0.1, 0.15) is 68.4 Å². The number of amides is 2. The van der Waals surface area contributed by atoms with Gasteiger partial charge >= 0.3 is 0 Å². The van der Waals surface area contributed by atoms with Gasteiger partial charge in [0, 0.05) is 37.5 Å². The average Bonchev–Trinajstić information content (AvgIpc) is 3.01. The van der Waals surface area contributed by atoms with E-state index in [2.05, 4.69) is 10.5 Å². The van der Waals surface area contributed by atoms with Crippen molar-refractivity contribution in [2.75, 3.05) is 19.6 Å². The molecule has 0 spiro atoms. The minimum absolute atomic E-state index is 0.110. The van der Waals surface area contributed by atoms with Gasteiger partial charge in [0.25, 0.3) is 0 Å². The molecule has 1 aromatic heterocycles. The van der Waals surface area contributed by atoms with Crippen molar-refractivity contribution in [2.45, 2.75) is 71.6 Å². The smallest absolute Gasteiger partial charge is 0.225 e. The molecule has 27 heavy (non-hydrogen) atoms. The van der Waals surface area contributed by atoms with Gasteiger partial charge < -0.3 is 14.7 Å². The summed E-state index contributed by atoms with van der Waals surface area (Å²) in [5.41, 5.74) is 1.99. The Bertz CT molecular complexity index is 622. The zero-order chi connectivity index (χ0) is 19.2. The lowest BCUT2D eigenvalue weighted by molar-refractivity contribution is -0.138. The molecule has 2 amide bonds. The van der Waals surface area contributed by atoms with Gasteiger partial charge in [0.1, 0.15) is 5.76 Å². The van der Waals surface area contributed by atoms with E-state index in [9.17, 15) is 9.59 Å². The molecule has 1 saturated heterocycles. The van der Waals surface area contributed by atoms with Crippen molar-refractivity contribution in [3.63, 3.8) is 0 Å². The first-order chi connectivity index (χ1) is 13.0. The maximum atomic E-state index is 12.6. The Morgan fingerprint density at radius 1 is 1.11 bits per heavy atom. The van der Waals surface area contributed by atoms with Gasteiger partial charge in [-0.25, -0.2) is 0 Å². The van der Waals surface area contributed by atoms with E-state index in [4.69, 9.17) is 4.52 Å². The van der Waals surface area contributed by atoms with Crippen LogP contribution < -0.4 is 5.32 Å². The standard InChI is InChI=1S/C21H33N3O3/c1-15-19(16(2)27-23-15)8-11-22-20(25)14-17-9-12-24(13-10-17)21(26)18-6-4-3-5-7-18/h17-18H,3-14H2,1-2H3,(H,22,25). The Kier molecular flexibility index (Phi) is 6.91. The van der Waals surface area contributed by atoms with E-state index in [1.807, 2.05) is 18.7 Å². The molecule has 1 N–H and O–H groups in total. The van der Waals surface area contributed by atoms with Crippen LogP contribution in [-0.4, -0.2) is 41.5 Å². The van der Waals surface area contributed by atoms with Gasteiger partial charge in [0.2, 0.25) is 11.8 Å². The minimum Gasteiger partial charge on any atom is -0.361 e. The highest BCUT2D eigenvalue weighted by Gasteiger charge is 2.29. The molecule has 2 heterocycles. The largest absolute Gasteiger partial charge is 0.361 e. The monoisotopic (exact) mass is 375 g/mol. The molecule has 0 atom stereocenters. The van der Waals surface area contributed by atoms with Crippen molar-refractivity contribution >= 4 is 11.8 Å². The minimum atomic E-state index is 0.110. The second-order valence-electron chi connectivity index (χ2n) is 8.21. The Balaban J connectivity index is 1.35. The quantitative estimate of drug-likeness (QED) is 0.829. The molecule has 6 heteroatoms. The van der Waals surface area contributed by atoms with Crippen molar-refractivity contribution < 1.29 is 14.1 Å². The summed E-state index contributed by atoms with van der Waals surface area (Å²) >= 11 is 0. The van der Waals surface area contributed by atoms with Gasteiger partial charge in [0.15, 0.2) is 0 Å². The molecular weight excluding hydrogens is 342 g/mol. The Labute approximate surface area is 162 Å². The first-order valence-corrected chi connectivity index (χ1v) is 10.5. The topological polar surface area (TPSA) is 75.4 Å². The summed E-state index contributed by atoms with van der Waals surface area (Å²) in [6, 6.07) is 0. The fraction of sp³-hybridized carbons (Fsp3) is 0.762. The Morgan fingerprint density at radius 3 is 2.44 bits per heavy atom. The van der Waals surface area contributed by atoms with E-state index in [0.717, 1.165) is 62.2 Å². The van der Waals surface area contributed by atoms with Crippen molar-refractivity contribution in [2.24, 2.45) is 11.8 Å². The van der Waals surface area contributed by atoms with E-state index >= 15 is 0 Å². The lowest BCUT2D eigenvalue weighted by atomic mass is 9.87. The highest BCUT2D eigenvalue weighted by atomic mass is 16.5. The number of aromatic nitrogens is 1. The van der Waals surface area contributed by atoms with E-state index in [1.54, 1.807) is 0 Å². The van der Waals surface area contributed by atoms with Crippen LogP contribution in [0.5, 0.6) is 0 Å². The molecule has 0 unspecified atom stereocenters. The number of nitrogens with one attached hydrogen (secondary N) is 1. The number of likely N-dealkylation sites (tertiary alicyclic amines) is 1. The van der Waals surface area contributed by atoms with Gasteiger partial charge in [-0.1, -0.05) is 24.4 Å². The molecule has 0 aromatic carbocycles. The number of hydrogen-bond acceptors (Lipinski definition) is 4. The zero-order valence-electron chi connectivity index (χ0n) is 16.8. The fourth-order valence-electron chi connectivity index (χ4n) is 4.49. The second-order valence-corrected chi connectivity index (χ2v) is 8.21. The van der Waals surface area contributed by atoms with Gasteiger partial charge in [-0.3, -0.25) is 9.59 Å². The normalized spacial score (nSPS) is 19.3. The summed E-state index contributed by atoms with van der Waals surface area (Å²) in [5, 5.41) is 6.96. The van der Waals surface area contributed by atoms with E-state index in [1.165, 1.54) is 19.3 Å². The highest BCUT2D eigenvalue weighted by molar-refractivity contribution is 5.79. The molecule has 1 aromatic rings. The third-order valence-corrected chi connectivity index (χ3v) is 6.23. The zero-order valence-corrected chi connectivity index (χ0v) is 16.8. The Hall–Kier alpha value is -1.85. The molecule has 2 fully saturated rings. The molecule has 1 aliphatic carbocycles. The van der Waals surface area contributed by atoms with E-state index < -0.39 is 0 Å².